The lowest BCUT2D eigenvalue weighted by Crippen LogP contribution is -2.31. The molecule has 1 aromatic rings. The molecule has 1 N–H and O–H groups in total. The van der Waals surface area contributed by atoms with E-state index in [0.717, 1.165) is 0 Å². The fourth-order valence-electron chi connectivity index (χ4n) is 1.60. The summed E-state index contributed by atoms with van der Waals surface area (Å²) in [7, 11) is -1.64. The lowest BCUT2D eigenvalue weighted by Gasteiger charge is -2.16. The molecule has 18 heavy (non-hydrogen) atoms. The lowest BCUT2D eigenvalue weighted by atomic mass is 10.1. The van der Waals surface area contributed by atoms with Crippen LogP contribution in [0.4, 0.5) is 4.39 Å². The van der Waals surface area contributed by atoms with Gasteiger partial charge in [-0.05, 0) is 17.5 Å². The summed E-state index contributed by atoms with van der Waals surface area (Å²) in [5, 5.41) is 7.94. The molecule has 0 radical (unpaired) electrons. The number of hydrogen-bond donors (Lipinski definition) is 1. The van der Waals surface area contributed by atoms with Crippen molar-refractivity contribution >= 4 is 28.4 Å². The fraction of sp³-hybridized carbons (Fsp3) is 0.417. The monoisotopic (exact) mass is 292 g/mol. The Morgan fingerprint density at radius 3 is 2.61 bits per heavy atom. The molecular formula is C12H14ClFO3S. The van der Waals surface area contributed by atoms with Gasteiger partial charge in [-0.2, -0.15) is 0 Å². The molecule has 0 fully saturated rings. The van der Waals surface area contributed by atoms with Crippen molar-refractivity contribution in [1.82, 2.24) is 0 Å². The second kappa shape index (κ2) is 6.29. The highest BCUT2D eigenvalue weighted by Crippen LogP contribution is 2.23. The molecule has 2 unspecified atom stereocenters. The maximum atomic E-state index is 13.2. The zero-order chi connectivity index (χ0) is 13.9. The van der Waals surface area contributed by atoms with Crippen molar-refractivity contribution in [3.63, 3.8) is 0 Å². The molecule has 0 aliphatic carbocycles. The average molecular weight is 293 g/mol. The van der Waals surface area contributed by atoms with Crippen LogP contribution in [0, 0.1) is 11.7 Å². The van der Waals surface area contributed by atoms with Crippen LogP contribution in [0.5, 0.6) is 0 Å². The molecular weight excluding hydrogens is 279 g/mol. The van der Waals surface area contributed by atoms with Crippen LogP contribution >= 0.6 is 11.6 Å². The maximum Gasteiger partial charge on any atom is 0.319 e. The number of aliphatic carboxylic acids is 1. The van der Waals surface area contributed by atoms with E-state index >= 15 is 0 Å². The van der Waals surface area contributed by atoms with Gasteiger partial charge in [-0.3, -0.25) is 9.00 Å². The summed E-state index contributed by atoms with van der Waals surface area (Å²) in [4.78, 5) is 11.0. The van der Waals surface area contributed by atoms with E-state index in [1.165, 1.54) is 12.1 Å². The molecule has 0 saturated heterocycles. The summed E-state index contributed by atoms with van der Waals surface area (Å²) in [6.45, 7) is 3.37. The SMILES string of the molecule is CC(C)C(C(=O)O)S(=O)Cc1cccc(F)c1Cl. The molecule has 0 amide bonds. The minimum atomic E-state index is -1.64. The van der Waals surface area contributed by atoms with Gasteiger partial charge in [-0.25, -0.2) is 4.39 Å². The number of hydrogen-bond acceptors (Lipinski definition) is 2. The fourth-order valence-corrected chi connectivity index (χ4v) is 3.43. The molecule has 0 saturated carbocycles. The Morgan fingerprint density at radius 2 is 2.11 bits per heavy atom. The van der Waals surface area contributed by atoms with Crippen molar-refractivity contribution in [2.75, 3.05) is 0 Å². The van der Waals surface area contributed by atoms with Crippen molar-refractivity contribution < 1.29 is 18.5 Å². The van der Waals surface area contributed by atoms with E-state index in [4.69, 9.17) is 16.7 Å². The van der Waals surface area contributed by atoms with Gasteiger partial charge in [0.2, 0.25) is 0 Å². The molecule has 3 nitrogen and oxygen atoms in total. The highest BCUT2D eigenvalue weighted by Gasteiger charge is 2.28. The molecule has 6 heteroatoms. The second-order valence-electron chi connectivity index (χ2n) is 4.24. The van der Waals surface area contributed by atoms with E-state index in [1.54, 1.807) is 19.9 Å². The highest BCUT2D eigenvalue weighted by atomic mass is 35.5. The molecule has 0 spiro atoms. The summed E-state index contributed by atoms with van der Waals surface area (Å²) >= 11 is 5.74. The van der Waals surface area contributed by atoms with Gasteiger partial charge >= 0.3 is 5.97 Å². The second-order valence-corrected chi connectivity index (χ2v) is 6.18. The largest absolute Gasteiger partial charge is 0.480 e. The van der Waals surface area contributed by atoms with Crippen LogP contribution in [0.2, 0.25) is 5.02 Å². The molecule has 1 aromatic carbocycles. The first-order valence-corrected chi connectivity index (χ1v) is 7.13. The van der Waals surface area contributed by atoms with Crippen LogP contribution in [-0.4, -0.2) is 20.5 Å². The van der Waals surface area contributed by atoms with E-state index in [1.807, 2.05) is 0 Å². The number of benzene rings is 1. The van der Waals surface area contributed by atoms with Gasteiger partial charge in [0.25, 0.3) is 0 Å². The average Bonchev–Trinajstić information content (AvgIpc) is 2.23. The number of carboxylic acids is 1. The summed E-state index contributed by atoms with van der Waals surface area (Å²) in [5.74, 6) is -2.04. The smallest absolute Gasteiger partial charge is 0.319 e. The molecule has 0 aliphatic heterocycles. The number of carboxylic acid groups (broad SMARTS) is 1. The summed E-state index contributed by atoms with van der Waals surface area (Å²) in [6, 6.07) is 4.20. The molecule has 0 bridgehead atoms. The highest BCUT2D eigenvalue weighted by molar-refractivity contribution is 7.85. The number of rotatable bonds is 5. The van der Waals surface area contributed by atoms with Gasteiger partial charge in [-0.15, -0.1) is 0 Å². The van der Waals surface area contributed by atoms with Crippen LogP contribution in [-0.2, 0) is 21.3 Å². The molecule has 0 aromatic heterocycles. The first-order chi connectivity index (χ1) is 8.34. The molecule has 1 rings (SSSR count). The molecule has 0 heterocycles. The standard InChI is InChI=1S/C12H14ClFO3S/c1-7(2)11(12(15)16)18(17)6-8-4-3-5-9(14)10(8)13/h3-5,7,11H,6H2,1-2H3,(H,15,16). The summed E-state index contributed by atoms with van der Waals surface area (Å²) < 4.78 is 25.2. The Hall–Kier alpha value is -0.940. The van der Waals surface area contributed by atoms with E-state index in [9.17, 15) is 13.4 Å². The van der Waals surface area contributed by atoms with E-state index < -0.39 is 27.8 Å². The third kappa shape index (κ3) is 3.53. The van der Waals surface area contributed by atoms with E-state index in [0.29, 0.717) is 5.56 Å². The number of halogens is 2. The predicted octanol–water partition coefficient (Wildman–Crippen LogP) is 2.84. The first-order valence-electron chi connectivity index (χ1n) is 5.37. The van der Waals surface area contributed by atoms with Gasteiger partial charge in [0.05, 0.1) is 10.8 Å². The van der Waals surface area contributed by atoms with Crippen molar-refractivity contribution in [3.8, 4) is 0 Å². The minimum Gasteiger partial charge on any atom is -0.480 e. The van der Waals surface area contributed by atoms with Crippen LogP contribution in [0.25, 0.3) is 0 Å². The third-order valence-electron chi connectivity index (χ3n) is 2.46. The Morgan fingerprint density at radius 1 is 1.50 bits per heavy atom. The lowest BCUT2D eigenvalue weighted by molar-refractivity contribution is -0.137. The van der Waals surface area contributed by atoms with Crippen LogP contribution in [0.3, 0.4) is 0 Å². The van der Waals surface area contributed by atoms with Gasteiger partial charge < -0.3 is 5.11 Å². The Kier molecular flexibility index (Phi) is 5.28. The van der Waals surface area contributed by atoms with Crippen molar-refractivity contribution in [3.05, 3.63) is 34.6 Å². The van der Waals surface area contributed by atoms with Gasteiger partial charge in [-0.1, -0.05) is 37.6 Å². The number of carbonyl (C=O) groups is 1. The quantitative estimate of drug-likeness (QED) is 0.908. The molecule has 100 valence electrons. The van der Waals surface area contributed by atoms with Crippen molar-refractivity contribution in [1.29, 1.82) is 0 Å². The third-order valence-corrected chi connectivity index (χ3v) is 4.79. The summed E-state index contributed by atoms with van der Waals surface area (Å²) in [5.41, 5.74) is 0.363. The van der Waals surface area contributed by atoms with Crippen molar-refractivity contribution in [2.45, 2.75) is 24.9 Å². The van der Waals surface area contributed by atoms with E-state index in [-0.39, 0.29) is 16.7 Å². The Balaban J connectivity index is 2.93. The zero-order valence-electron chi connectivity index (χ0n) is 10.0. The topological polar surface area (TPSA) is 54.4 Å². The first kappa shape index (κ1) is 15.1. The van der Waals surface area contributed by atoms with Gasteiger partial charge in [0.15, 0.2) is 0 Å². The maximum absolute atomic E-state index is 13.2. The summed E-state index contributed by atoms with van der Waals surface area (Å²) in [6.07, 6.45) is 0. The van der Waals surface area contributed by atoms with E-state index in [2.05, 4.69) is 0 Å². The predicted molar refractivity (Wildman–Crippen MR) is 69.5 cm³/mol. The molecule has 2 atom stereocenters. The zero-order valence-corrected chi connectivity index (χ0v) is 11.6. The van der Waals surface area contributed by atoms with Crippen LogP contribution < -0.4 is 0 Å². The Bertz CT molecular complexity index is 476. The van der Waals surface area contributed by atoms with Crippen molar-refractivity contribution in [2.24, 2.45) is 5.92 Å². The van der Waals surface area contributed by atoms with Gasteiger partial charge in [0.1, 0.15) is 11.1 Å². The Labute approximate surface area is 112 Å². The molecule has 0 aliphatic rings. The minimum absolute atomic E-state index is 0.0638. The van der Waals surface area contributed by atoms with Crippen LogP contribution in [0.15, 0.2) is 18.2 Å². The van der Waals surface area contributed by atoms with Crippen LogP contribution in [0.1, 0.15) is 19.4 Å². The normalized spacial score (nSPS) is 14.5. The van der Waals surface area contributed by atoms with Gasteiger partial charge in [0, 0.05) is 10.8 Å².